The highest BCUT2D eigenvalue weighted by atomic mass is 32.2. The van der Waals surface area contributed by atoms with E-state index in [1.807, 2.05) is 39.8 Å². The Kier molecular flexibility index (Phi) is 9.82. The summed E-state index contributed by atoms with van der Waals surface area (Å²) >= 11 is 1.56. The SMILES string of the molecule is CCOc1cc2c(cc1OC)[C@@]1(CS[C@@H]3c4c(OC(C)=O)c(C)c5c(c4[C@H](COC1=O)N1C3[C@@H]3N[C@@H](Cc4cc(C)c(OC)c(OCC)c43)[C@@H]1C#N)OCO5)NCC2. The van der Waals surface area contributed by atoms with Gasteiger partial charge in [-0.3, -0.25) is 15.0 Å². The molecule has 1 unspecified atom stereocenters. The van der Waals surface area contributed by atoms with Crippen molar-refractivity contribution in [3.63, 3.8) is 0 Å². The lowest BCUT2D eigenvalue weighted by Gasteiger charge is -2.59. The first kappa shape index (κ1) is 38.6. The lowest BCUT2D eigenvalue weighted by molar-refractivity contribution is -0.155. The Balaban J connectivity index is 1.31. The van der Waals surface area contributed by atoms with Crippen LogP contribution in [0.2, 0.25) is 0 Å². The zero-order valence-electron chi connectivity index (χ0n) is 33.7. The van der Waals surface area contributed by atoms with Crippen LogP contribution in [0, 0.1) is 25.2 Å². The first-order chi connectivity index (χ1) is 28.1. The molecule has 4 bridgehead atoms. The van der Waals surface area contributed by atoms with Gasteiger partial charge in [-0.05, 0) is 74.9 Å². The summed E-state index contributed by atoms with van der Waals surface area (Å²) in [5, 5.41) is 18.2. The van der Waals surface area contributed by atoms with Crippen LogP contribution < -0.4 is 43.8 Å². The van der Waals surface area contributed by atoms with E-state index in [0.29, 0.717) is 84.0 Å². The number of hydrogen-bond donors (Lipinski definition) is 2. The van der Waals surface area contributed by atoms with E-state index in [1.54, 1.807) is 26.0 Å². The van der Waals surface area contributed by atoms with Crippen molar-refractivity contribution in [1.29, 1.82) is 5.26 Å². The molecule has 2 N–H and O–H groups in total. The molecule has 1 spiro atoms. The number of piperazine rings is 1. The molecule has 15 heteroatoms. The fraction of sp³-hybridized carbons (Fsp3) is 0.512. The number of esters is 2. The van der Waals surface area contributed by atoms with E-state index in [9.17, 15) is 14.9 Å². The highest BCUT2D eigenvalue weighted by molar-refractivity contribution is 7.99. The van der Waals surface area contributed by atoms with Crippen LogP contribution in [0.5, 0.6) is 40.2 Å². The highest BCUT2D eigenvalue weighted by Gasteiger charge is 2.60. The zero-order valence-corrected chi connectivity index (χ0v) is 34.6. The van der Waals surface area contributed by atoms with E-state index in [1.165, 1.54) is 6.92 Å². The van der Waals surface area contributed by atoms with Crippen LogP contribution >= 0.6 is 11.8 Å². The normalized spacial score (nSPS) is 27.6. The standard InChI is InChI=1S/C43H48N4O10S/c1-8-52-30-14-23-10-11-45-43(25(23)15-29(30)50-6)18-58-41-33-32(40-38(55-19-56-40)21(4)37(33)57-22(5)48)28(17-54-42(43)49)47-27(16-44)26-13-24-12-20(3)36(51-7)39(53-9-2)31(24)34(46-26)35(41)47/h12,14-15,26-28,34-35,41,45-46H,8-11,13,17-19H2,1-7H3/t26-,27-,28-,34+,35?,41+,43+/m0/s1. The molecule has 2 saturated heterocycles. The molecule has 7 aliphatic heterocycles. The van der Waals surface area contributed by atoms with Crippen molar-refractivity contribution in [1.82, 2.24) is 15.5 Å². The summed E-state index contributed by atoms with van der Waals surface area (Å²) in [6.07, 6.45) is 1.23. The maximum Gasteiger partial charge on any atom is 0.331 e. The predicted molar refractivity (Wildman–Crippen MR) is 212 cm³/mol. The Morgan fingerprint density at radius 2 is 1.78 bits per heavy atom. The molecular weight excluding hydrogens is 765 g/mol. The molecule has 3 aromatic rings. The third kappa shape index (κ3) is 5.62. The van der Waals surface area contributed by atoms with Crippen molar-refractivity contribution in [3.8, 4) is 46.3 Å². The van der Waals surface area contributed by atoms with Crippen molar-refractivity contribution in [2.75, 3.05) is 53.1 Å². The molecule has 58 heavy (non-hydrogen) atoms. The fourth-order valence-electron chi connectivity index (χ4n) is 10.3. The van der Waals surface area contributed by atoms with Crippen molar-refractivity contribution in [3.05, 3.63) is 62.7 Å². The number of methoxy groups -OCH3 is 2. The average molecular weight is 813 g/mol. The average Bonchev–Trinajstić information content (AvgIpc) is 3.70. The van der Waals surface area contributed by atoms with Gasteiger partial charge >= 0.3 is 11.9 Å². The molecule has 306 valence electrons. The van der Waals surface area contributed by atoms with Gasteiger partial charge in [0.15, 0.2) is 40.0 Å². The largest absolute Gasteiger partial charge is 0.493 e. The Morgan fingerprint density at radius 1 is 0.983 bits per heavy atom. The number of nitrogens with one attached hydrogen (secondary N) is 2. The molecule has 10 rings (SSSR count). The predicted octanol–water partition coefficient (Wildman–Crippen LogP) is 5.03. The van der Waals surface area contributed by atoms with Gasteiger partial charge in [0.1, 0.15) is 18.4 Å². The summed E-state index contributed by atoms with van der Waals surface area (Å²) in [6.45, 7) is 10.4. The van der Waals surface area contributed by atoms with Gasteiger partial charge < -0.3 is 43.2 Å². The molecule has 7 aliphatic rings. The monoisotopic (exact) mass is 812 g/mol. The number of ether oxygens (including phenoxy) is 8. The highest BCUT2D eigenvalue weighted by Crippen LogP contribution is 2.63. The molecule has 0 radical (unpaired) electrons. The second-order valence-electron chi connectivity index (χ2n) is 15.5. The second-order valence-corrected chi connectivity index (χ2v) is 16.6. The van der Waals surface area contributed by atoms with Crippen molar-refractivity contribution >= 4 is 23.7 Å². The van der Waals surface area contributed by atoms with Crippen LogP contribution in [-0.2, 0) is 32.7 Å². The van der Waals surface area contributed by atoms with Gasteiger partial charge in [-0.15, -0.1) is 11.8 Å². The molecular formula is C43H48N4O10S. The fourth-order valence-corrected chi connectivity index (χ4v) is 12.0. The van der Waals surface area contributed by atoms with E-state index in [-0.39, 0.29) is 31.2 Å². The van der Waals surface area contributed by atoms with Gasteiger partial charge in [-0.25, -0.2) is 4.79 Å². The van der Waals surface area contributed by atoms with Gasteiger partial charge in [-0.2, -0.15) is 5.26 Å². The minimum absolute atomic E-state index is 0.0337. The minimum atomic E-state index is -1.29. The van der Waals surface area contributed by atoms with Gasteiger partial charge in [0.05, 0.1) is 50.8 Å². The van der Waals surface area contributed by atoms with Crippen LogP contribution in [0.1, 0.15) is 82.6 Å². The summed E-state index contributed by atoms with van der Waals surface area (Å²) in [6, 6.07) is 6.23. The van der Waals surface area contributed by atoms with Crippen LogP contribution in [0.3, 0.4) is 0 Å². The zero-order chi connectivity index (χ0) is 40.6. The molecule has 0 amide bonds. The molecule has 0 aliphatic carbocycles. The first-order valence-corrected chi connectivity index (χ1v) is 20.9. The van der Waals surface area contributed by atoms with Crippen LogP contribution in [0.4, 0.5) is 0 Å². The maximum absolute atomic E-state index is 14.9. The third-order valence-electron chi connectivity index (χ3n) is 12.5. The Hall–Kier alpha value is -4.88. The molecule has 0 aromatic heterocycles. The second kappa shape index (κ2) is 14.7. The van der Waals surface area contributed by atoms with E-state index in [2.05, 4.69) is 27.7 Å². The number of carbonyl (C=O) groups excluding carboxylic acids is 2. The number of aryl methyl sites for hydroxylation is 1. The smallest absolute Gasteiger partial charge is 0.331 e. The minimum Gasteiger partial charge on any atom is -0.493 e. The Labute approximate surface area is 341 Å². The van der Waals surface area contributed by atoms with Crippen LogP contribution in [0.25, 0.3) is 0 Å². The summed E-state index contributed by atoms with van der Waals surface area (Å²) in [7, 11) is 3.24. The number of nitriles is 1. The third-order valence-corrected chi connectivity index (χ3v) is 14.0. The number of nitrogens with zero attached hydrogens (tertiary/aromatic N) is 2. The Bertz CT molecular complexity index is 2260. The van der Waals surface area contributed by atoms with E-state index in [4.69, 9.17) is 37.9 Å². The van der Waals surface area contributed by atoms with E-state index < -0.39 is 40.9 Å². The molecule has 3 aromatic carbocycles. The quantitative estimate of drug-likeness (QED) is 0.242. The Morgan fingerprint density at radius 3 is 2.50 bits per heavy atom. The van der Waals surface area contributed by atoms with E-state index >= 15 is 0 Å². The molecule has 7 heterocycles. The number of rotatable bonds is 7. The van der Waals surface area contributed by atoms with Crippen molar-refractivity contribution in [2.45, 2.75) is 88.5 Å². The topological polar surface area (TPSA) is 159 Å². The van der Waals surface area contributed by atoms with Crippen LogP contribution in [-0.4, -0.2) is 88.1 Å². The number of hydrogen-bond acceptors (Lipinski definition) is 15. The van der Waals surface area contributed by atoms with Crippen molar-refractivity contribution < 1.29 is 47.5 Å². The lowest BCUT2D eigenvalue weighted by Crippen LogP contribution is -2.69. The van der Waals surface area contributed by atoms with Gasteiger partial charge in [-0.1, -0.05) is 6.07 Å². The molecule has 14 nitrogen and oxygen atoms in total. The number of carbonyl (C=O) groups is 2. The molecule has 2 fully saturated rings. The number of thioether (sulfide) groups is 1. The molecule has 0 saturated carbocycles. The first-order valence-electron chi connectivity index (χ1n) is 19.9. The summed E-state index contributed by atoms with van der Waals surface area (Å²) in [5.41, 5.74) is 5.50. The van der Waals surface area contributed by atoms with Gasteiger partial charge in [0.2, 0.25) is 6.79 Å². The summed E-state index contributed by atoms with van der Waals surface area (Å²) < 4.78 is 49.3. The summed E-state index contributed by atoms with van der Waals surface area (Å²) in [4.78, 5) is 30.2. The maximum atomic E-state index is 14.9. The number of fused-ring (bicyclic) bond motifs is 9. The lowest BCUT2D eigenvalue weighted by atomic mass is 9.72. The van der Waals surface area contributed by atoms with Crippen LogP contribution in [0.15, 0.2) is 18.2 Å². The number of benzene rings is 3. The van der Waals surface area contributed by atoms with Gasteiger partial charge in [0.25, 0.3) is 0 Å². The van der Waals surface area contributed by atoms with Crippen molar-refractivity contribution in [2.24, 2.45) is 0 Å². The van der Waals surface area contributed by atoms with E-state index in [0.717, 1.165) is 33.4 Å². The van der Waals surface area contributed by atoms with Gasteiger partial charge in [0, 0.05) is 53.6 Å². The summed E-state index contributed by atoms with van der Waals surface area (Å²) in [5.74, 6) is 3.10. The molecule has 7 atom stereocenters.